The van der Waals surface area contributed by atoms with E-state index in [1.165, 1.54) is 30.4 Å². The highest BCUT2D eigenvalue weighted by molar-refractivity contribution is 5.16. The first kappa shape index (κ1) is 14.9. The van der Waals surface area contributed by atoms with Crippen molar-refractivity contribution < 1.29 is 9.22 Å². The number of rotatable bonds is 5. The summed E-state index contributed by atoms with van der Waals surface area (Å²) in [5.74, 6) is 0. The van der Waals surface area contributed by atoms with Crippen molar-refractivity contribution in [2.45, 2.75) is 50.6 Å². The third-order valence-corrected chi connectivity index (χ3v) is 5.56. The lowest BCUT2D eigenvalue weighted by molar-refractivity contribution is -0.960. The Morgan fingerprint density at radius 1 is 0.870 bits per heavy atom. The van der Waals surface area contributed by atoms with Gasteiger partial charge in [0.2, 0.25) is 0 Å². The predicted octanol–water partition coefficient (Wildman–Crippen LogP) is 4.15. The van der Waals surface area contributed by atoms with Crippen LogP contribution in [0.2, 0.25) is 0 Å². The van der Waals surface area contributed by atoms with Crippen LogP contribution in [0, 0.1) is 0 Å². The van der Waals surface area contributed by atoms with Crippen LogP contribution in [0.4, 0.5) is 0 Å². The fraction of sp³-hybridized carbons (Fsp3) is 0.429. The largest absolute Gasteiger partial charge is 0.363 e. The number of likely N-dealkylation sites (N-methyl/N-ethyl adjacent to an activating group) is 1. The van der Waals surface area contributed by atoms with E-state index in [-0.39, 0.29) is 0 Å². The molecule has 0 radical (unpaired) electrons. The van der Waals surface area contributed by atoms with Gasteiger partial charge in [-0.15, -0.1) is 0 Å². The summed E-state index contributed by atoms with van der Waals surface area (Å²) in [4.78, 5) is 0. The highest BCUT2D eigenvalue weighted by Gasteiger charge is 2.54. The van der Waals surface area contributed by atoms with Gasteiger partial charge in [0, 0.05) is 17.5 Å². The van der Waals surface area contributed by atoms with Crippen molar-refractivity contribution in [3.63, 3.8) is 0 Å². The van der Waals surface area contributed by atoms with Gasteiger partial charge in [-0.3, -0.25) is 0 Å². The van der Waals surface area contributed by atoms with Crippen LogP contribution < -0.4 is 0 Å². The zero-order chi connectivity index (χ0) is 15.7. The smallest absolute Gasteiger partial charge is 0.136 e. The Kier molecular flexibility index (Phi) is 3.96. The third kappa shape index (κ3) is 3.19. The molecule has 2 fully saturated rings. The molecule has 120 valence electrons. The van der Waals surface area contributed by atoms with Crippen molar-refractivity contribution in [1.82, 2.24) is 0 Å². The van der Waals surface area contributed by atoms with Crippen LogP contribution in [-0.4, -0.2) is 29.8 Å². The minimum Gasteiger partial charge on any atom is -0.363 e. The Bertz CT molecular complexity index is 598. The number of benzene rings is 2. The summed E-state index contributed by atoms with van der Waals surface area (Å²) in [6.45, 7) is 2.15. The minimum absolute atomic E-state index is 0.487. The molecule has 2 aromatic carbocycles. The first-order valence-corrected chi connectivity index (χ1v) is 8.82. The fourth-order valence-corrected chi connectivity index (χ4v) is 4.38. The molecule has 1 heterocycles. The molecule has 0 amide bonds. The lowest BCUT2D eigenvalue weighted by atomic mass is 9.91. The summed E-state index contributed by atoms with van der Waals surface area (Å²) >= 11 is 0. The van der Waals surface area contributed by atoms with E-state index >= 15 is 0 Å². The van der Waals surface area contributed by atoms with Gasteiger partial charge in [-0.1, -0.05) is 60.7 Å². The summed E-state index contributed by atoms with van der Waals surface area (Å²) in [5.41, 5.74) is 2.85. The highest BCUT2D eigenvalue weighted by Crippen LogP contribution is 2.42. The molecule has 4 rings (SSSR count). The molecule has 3 atom stereocenters. The molecule has 0 unspecified atom stereocenters. The lowest BCUT2D eigenvalue weighted by Crippen LogP contribution is -2.54. The Hall–Kier alpha value is -1.64. The average Bonchev–Trinajstić information content (AvgIpc) is 3.36. The number of hydrogen-bond acceptors (Lipinski definition) is 1. The summed E-state index contributed by atoms with van der Waals surface area (Å²) < 4.78 is 7.05. The molecule has 2 heteroatoms. The molecule has 2 aliphatic rings. The number of fused-ring (bicyclic) bond motifs is 1. The first-order valence-electron chi connectivity index (χ1n) is 8.82. The van der Waals surface area contributed by atoms with Crippen molar-refractivity contribution in [3.8, 4) is 0 Å². The average molecular weight is 308 g/mol. The van der Waals surface area contributed by atoms with Gasteiger partial charge >= 0.3 is 0 Å². The van der Waals surface area contributed by atoms with Crippen LogP contribution in [-0.2, 0) is 17.8 Å². The van der Waals surface area contributed by atoms with Crippen molar-refractivity contribution in [2.24, 2.45) is 0 Å². The second-order valence-corrected chi connectivity index (χ2v) is 7.40. The zero-order valence-electron chi connectivity index (χ0n) is 13.9. The molecule has 1 saturated carbocycles. The second-order valence-electron chi connectivity index (χ2n) is 7.40. The zero-order valence-corrected chi connectivity index (χ0v) is 13.9. The van der Waals surface area contributed by atoms with Gasteiger partial charge < -0.3 is 9.22 Å². The van der Waals surface area contributed by atoms with Gasteiger partial charge in [-0.05, 0) is 12.8 Å². The molecule has 0 spiro atoms. The van der Waals surface area contributed by atoms with E-state index in [4.69, 9.17) is 4.74 Å². The second kappa shape index (κ2) is 6.10. The summed E-state index contributed by atoms with van der Waals surface area (Å²) in [7, 11) is 2.43. The molecule has 0 aromatic heterocycles. The standard InChI is InChI=1S/C21H26NO/c1-22(15-17-9-4-2-5-10-17,16-18-11-6-3-7-12-18)19-13-8-14-20-21(19)23-20/h2-7,9-12,19-21H,8,13-16H2,1H3/q+1/t19-,20+,21-/m1/s1. The normalized spacial score (nSPS) is 26.6. The molecule has 2 aromatic rings. The van der Waals surface area contributed by atoms with E-state index in [1.807, 2.05) is 0 Å². The van der Waals surface area contributed by atoms with Crippen LogP contribution in [0.5, 0.6) is 0 Å². The van der Waals surface area contributed by atoms with E-state index < -0.39 is 0 Å². The van der Waals surface area contributed by atoms with Crippen LogP contribution in [0.1, 0.15) is 30.4 Å². The first-order chi connectivity index (χ1) is 11.2. The molecular weight excluding hydrogens is 282 g/mol. The molecule has 2 nitrogen and oxygen atoms in total. The molecule has 1 saturated heterocycles. The van der Waals surface area contributed by atoms with E-state index in [0.29, 0.717) is 18.2 Å². The Labute approximate surface area is 139 Å². The number of nitrogens with zero attached hydrogens (tertiary/aromatic N) is 1. The maximum absolute atomic E-state index is 6.00. The van der Waals surface area contributed by atoms with Gasteiger partial charge in [0.15, 0.2) is 0 Å². The molecule has 0 N–H and O–H groups in total. The van der Waals surface area contributed by atoms with E-state index in [1.54, 1.807) is 0 Å². The van der Waals surface area contributed by atoms with Gasteiger partial charge in [-0.2, -0.15) is 0 Å². The molecule has 1 aliphatic carbocycles. The van der Waals surface area contributed by atoms with Gasteiger partial charge in [0.1, 0.15) is 25.2 Å². The van der Waals surface area contributed by atoms with Crippen LogP contribution in [0.25, 0.3) is 0 Å². The Morgan fingerprint density at radius 3 is 2.00 bits per heavy atom. The summed E-state index contributed by atoms with van der Waals surface area (Å²) in [6.07, 6.45) is 4.89. The third-order valence-electron chi connectivity index (χ3n) is 5.56. The monoisotopic (exact) mass is 308 g/mol. The highest BCUT2D eigenvalue weighted by atomic mass is 16.6. The maximum Gasteiger partial charge on any atom is 0.136 e. The fourth-order valence-electron chi connectivity index (χ4n) is 4.38. The van der Waals surface area contributed by atoms with Crippen LogP contribution in [0.3, 0.4) is 0 Å². The lowest BCUT2D eigenvalue weighted by Gasteiger charge is -2.42. The SMILES string of the molecule is C[N+](Cc1ccccc1)(Cc1ccccc1)[C@@H]1CCC[C@@H]2O[C@@H]21. The van der Waals surface area contributed by atoms with E-state index in [0.717, 1.165) is 17.6 Å². The van der Waals surface area contributed by atoms with Crippen molar-refractivity contribution in [2.75, 3.05) is 7.05 Å². The Balaban J connectivity index is 1.62. The molecular formula is C21H26NO+. The molecule has 23 heavy (non-hydrogen) atoms. The Morgan fingerprint density at radius 2 is 1.43 bits per heavy atom. The number of ether oxygens (including phenoxy) is 1. The van der Waals surface area contributed by atoms with Crippen LogP contribution in [0.15, 0.2) is 60.7 Å². The summed E-state index contributed by atoms with van der Waals surface area (Å²) in [6, 6.07) is 22.5. The van der Waals surface area contributed by atoms with Gasteiger partial charge in [0.25, 0.3) is 0 Å². The number of epoxide rings is 1. The number of hydrogen-bond donors (Lipinski definition) is 0. The van der Waals surface area contributed by atoms with Gasteiger partial charge in [-0.25, -0.2) is 0 Å². The topological polar surface area (TPSA) is 12.5 Å². The van der Waals surface area contributed by atoms with E-state index in [9.17, 15) is 0 Å². The quantitative estimate of drug-likeness (QED) is 0.597. The van der Waals surface area contributed by atoms with Crippen molar-refractivity contribution >= 4 is 0 Å². The predicted molar refractivity (Wildman–Crippen MR) is 92.8 cm³/mol. The maximum atomic E-state index is 6.00. The molecule has 1 aliphatic heterocycles. The van der Waals surface area contributed by atoms with E-state index in [2.05, 4.69) is 67.7 Å². The van der Waals surface area contributed by atoms with Gasteiger partial charge in [0.05, 0.1) is 13.2 Å². The van der Waals surface area contributed by atoms with Crippen LogP contribution >= 0.6 is 0 Å². The van der Waals surface area contributed by atoms with Crippen molar-refractivity contribution in [3.05, 3.63) is 71.8 Å². The number of quaternary nitrogens is 1. The summed E-state index contributed by atoms with van der Waals surface area (Å²) in [5, 5.41) is 0. The molecule has 0 bridgehead atoms. The minimum atomic E-state index is 0.487. The van der Waals surface area contributed by atoms with Crippen molar-refractivity contribution in [1.29, 1.82) is 0 Å².